The SMILES string of the molecule is C=C(CN)CN1C(=O)C(=O)c2c(Br)cccc21. The molecule has 0 aliphatic carbocycles. The predicted octanol–water partition coefficient (Wildman–Crippen LogP) is 1.49. The normalized spacial score (nSPS) is 14.1. The van der Waals surface area contributed by atoms with Crippen LogP contribution in [-0.4, -0.2) is 24.8 Å². The summed E-state index contributed by atoms with van der Waals surface area (Å²) in [5.74, 6) is -1.02. The van der Waals surface area contributed by atoms with Gasteiger partial charge in [-0.1, -0.05) is 12.6 Å². The van der Waals surface area contributed by atoms with Crippen LogP contribution < -0.4 is 10.6 Å². The second-order valence-corrected chi connectivity index (χ2v) is 4.66. The maximum Gasteiger partial charge on any atom is 0.299 e. The minimum atomic E-state index is -0.526. The highest BCUT2D eigenvalue weighted by atomic mass is 79.9. The van der Waals surface area contributed by atoms with Crippen LogP contribution in [0.2, 0.25) is 0 Å². The van der Waals surface area contributed by atoms with E-state index in [1.54, 1.807) is 18.2 Å². The van der Waals surface area contributed by atoms with Crippen LogP contribution in [0, 0.1) is 0 Å². The molecule has 2 N–H and O–H groups in total. The van der Waals surface area contributed by atoms with Crippen molar-refractivity contribution in [1.29, 1.82) is 0 Å². The highest BCUT2D eigenvalue weighted by molar-refractivity contribution is 9.10. The van der Waals surface area contributed by atoms with Crippen LogP contribution in [0.5, 0.6) is 0 Å². The fraction of sp³-hybridized carbons (Fsp3) is 0.167. The molecule has 0 bridgehead atoms. The molecule has 4 nitrogen and oxygen atoms in total. The summed E-state index contributed by atoms with van der Waals surface area (Å²) >= 11 is 3.28. The van der Waals surface area contributed by atoms with E-state index in [1.807, 2.05) is 0 Å². The van der Waals surface area contributed by atoms with Gasteiger partial charge in [0, 0.05) is 17.6 Å². The summed E-state index contributed by atoms with van der Waals surface area (Å²) in [4.78, 5) is 25.1. The number of anilines is 1. The number of hydrogen-bond acceptors (Lipinski definition) is 3. The summed E-state index contributed by atoms with van der Waals surface area (Å²) in [7, 11) is 0. The monoisotopic (exact) mass is 294 g/mol. The van der Waals surface area contributed by atoms with Crippen LogP contribution in [0.15, 0.2) is 34.8 Å². The number of Topliss-reactive ketones (excluding diaryl/α,β-unsaturated/α-hetero) is 1. The number of fused-ring (bicyclic) bond motifs is 1. The van der Waals surface area contributed by atoms with E-state index in [0.717, 1.165) is 0 Å². The van der Waals surface area contributed by atoms with Gasteiger partial charge in [-0.3, -0.25) is 9.59 Å². The number of halogens is 1. The molecule has 0 fully saturated rings. The quantitative estimate of drug-likeness (QED) is 0.679. The fourth-order valence-electron chi connectivity index (χ4n) is 1.75. The largest absolute Gasteiger partial charge is 0.327 e. The van der Waals surface area contributed by atoms with E-state index in [2.05, 4.69) is 22.5 Å². The van der Waals surface area contributed by atoms with Crippen LogP contribution in [-0.2, 0) is 4.79 Å². The molecule has 2 rings (SSSR count). The average molecular weight is 295 g/mol. The van der Waals surface area contributed by atoms with Gasteiger partial charge < -0.3 is 10.6 Å². The second kappa shape index (κ2) is 4.43. The van der Waals surface area contributed by atoms with Gasteiger partial charge in [0.15, 0.2) is 0 Å². The van der Waals surface area contributed by atoms with E-state index in [9.17, 15) is 9.59 Å². The van der Waals surface area contributed by atoms with Crippen molar-refractivity contribution in [2.45, 2.75) is 0 Å². The lowest BCUT2D eigenvalue weighted by Crippen LogP contribution is -2.32. The molecule has 0 unspecified atom stereocenters. The first kappa shape index (κ1) is 12.0. The molecule has 0 saturated heterocycles. The lowest BCUT2D eigenvalue weighted by Gasteiger charge is -2.17. The van der Waals surface area contributed by atoms with Gasteiger partial charge in [-0.2, -0.15) is 0 Å². The summed E-state index contributed by atoms with van der Waals surface area (Å²) in [5.41, 5.74) is 7.19. The molecule has 1 aromatic carbocycles. The molecule has 0 aromatic heterocycles. The Bertz CT molecular complexity index is 525. The molecule has 0 radical (unpaired) electrons. The molecule has 1 aliphatic heterocycles. The minimum absolute atomic E-state index is 0.282. The van der Waals surface area contributed by atoms with Crippen molar-refractivity contribution in [2.75, 3.05) is 18.0 Å². The molecule has 1 aliphatic rings. The maximum absolute atomic E-state index is 11.8. The van der Waals surface area contributed by atoms with Crippen molar-refractivity contribution >= 4 is 33.3 Å². The average Bonchev–Trinajstić information content (AvgIpc) is 2.55. The molecular weight excluding hydrogens is 284 g/mol. The van der Waals surface area contributed by atoms with Crippen molar-refractivity contribution in [2.24, 2.45) is 5.73 Å². The topological polar surface area (TPSA) is 63.4 Å². The third-order valence-electron chi connectivity index (χ3n) is 2.62. The van der Waals surface area contributed by atoms with E-state index in [-0.39, 0.29) is 6.54 Å². The zero-order chi connectivity index (χ0) is 12.6. The Morgan fingerprint density at radius 3 is 2.76 bits per heavy atom. The van der Waals surface area contributed by atoms with E-state index in [0.29, 0.717) is 27.8 Å². The molecular formula is C12H11BrN2O2. The standard InChI is InChI=1S/C12H11BrN2O2/c1-7(5-14)6-15-9-4-2-3-8(13)10(9)11(16)12(15)17/h2-4H,1,5-6,14H2. The third kappa shape index (κ3) is 1.92. The highest BCUT2D eigenvalue weighted by Crippen LogP contribution is 2.34. The number of benzene rings is 1. The van der Waals surface area contributed by atoms with Gasteiger partial charge in [0.2, 0.25) is 0 Å². The Balaban J connectivity index is 2.45. The zero-order valence-electron chi connectivity index (χ0n) is 9.07. The summed E-state index contributed by atoms with van der Waals surface area (Å²) in [5, 5.41) is 0. The Morgan fingerprint density at radius 2 is 2.12 bits per heavy atom. The molecule has 1 aromatic rings. The first-order valence-electron chi connectivity index (χ1n) is 5.07. The Hall–Kier alpha value is -1.46. The number of carbonyl (C=O) groups excluding carboxylic acids is 2. The number of amides is 1. The van der Waals surface area contributed by atoms with Crippen LogP contribution >= 0.6 is 15.9 Å². The van der Waals surface area contributed by atoms with Gasteiger partial charge in [-0.15, -0.1) is 0 Å². The molecule has 88 valence electrons. The van der Waals surface area contributed by atoms with E-state index < -0.39 is 11.7 Å². The van der Waals surface area contributed by atoms with Gasteiger partial charge in [0.1, 0.15) is 0 Å². The molecule has 0 atom stereocenters. The second-order valence-electron chi connectivity index (χ2n) is 3.81. The molecule has 1 amide bonds. The number of ketones is 1. The number of carbonyl (C=O) groups is 2. The lowest BCUT2D eigenvalue weighted by molar-refractivity contribution is -0.114. The Kier molecular flexibility index (Phi) is 3.13. The van der Waals surface area contributed by atoms with Crippen molar-refractivity contribution in [3.63, 3.8) is 0 Å². The lowest BCUT2D eigenvalue weighted by atomic mass is 10.1. The summed E-state index contributed by atoms with van der Waals surface area (Å²) in [6.45, 7) is 4.32. The van der Waals surface area contributed by atoms with Crippen molar-refractivity contribution in [1.82, 2.24) is 0 Å². The first-order valence-corrected chi connectivity index (χ1v) is 5.87. The predicted molar refractivity (Wildman–Crippen MR) is 69.0 cm³/mol. The van der Waals surface area contributed by atoms with E-state index in [1.165, 1.54) is 4.90 Å². The Morgan fingerprint density at radius 1 is 1.41 bits per heavy atom. The molecule has 1 heterocycles. The van der Waals surface area contributed by atoms with Crippen molar-refractivity contribution < 1.29 is 9.59 Å². The van der Waals surface area contributed by atoms with Crippen LogP contribution in [0.1, 0.15) is 10.4 Å². The van der Waals surface area contributed by atoms with Crippen molar-refractivity contribution in [3.05, 3.63) is 40.4 Å². The number of hydrogen-bond donors (Lipinski definition) is 1. The third-order valence-corrected chi connectivity index (χ3v) is 3.28. The van der Waals surface area contributed by atoms with Gasteiger partial charge in [0.05, 0.1) is 11.3 Å². The molecule has 5 heteroatoms. The van der Waals surface area contributed by atoms with E-state index >= 15 is 0 Å². The first-order chi connectivity index (χ1) is 8.06. The van der Waals surface area contributed by atoms with Crippen LogP contribution in [0.3, 0.4) is 0 Å². The smallest absolute Gasteiger partial charge is 0.299 e. The van der Waals surface area contributed by atoms with Crippen molar-refractivity contribution in [3.8, 4) is 0 Å². The summed E-state index contributed by atoms with van der Waals surface area (Å²) < 4.78 is 0.634. The maximum atomic E-state index is 11.8. The number of nitrogens with zero attached hydrogens (tertiary/aromatic N) is 1. The van der Waals surface area contributed by atoms with Crippen LogP contribution in [0.4, 0.5) is 5.69 Å². The van der Waals surface area contributed by atoms with E-state index in [4.69, 9.17) is 5.73 Å². The highest BCUT2D eigenvalue weighted by Gasteiger charge is 2.37. The summed E-state index contributed by atoms with van der Waals surface area (Å²) in [6.07, 6.45) is 0. The minimum Gasteiger partial charge on any atom is -0.327 e. The van der Waals surface area contributed by atoms with Gasteiger partial charge >= 0.3 is 0 Å². The molecule has 0 spiro atoms. The molecule has 17 heavy (non-hydrogen) atoms. The summed E-state index contributed by atoms with van der Waals surface area (Å²) in [6, 6.07) is 5.27. The molecule has 0 saturated carbocycles. The van der Waals surface area contributed by atoms with Crippen LogP contribution in [0.25, 0.3) is 0 Å². The zero-order valence-corrected chi connectivity index (χ0v) is 10.7. The fourth-order valence-corrected chi connectivity index (χ4v) is 2.28. The van der Waals surface area contributed by atoms with Gasteiger partial charge in [-0.25, -0.2) is 0 Å². The Labute approximate surface area is 107 Å². The number of rotatable bonds is 3. The van der Waals surface area contributed by atoms with Gasteiger partial charge in [0.25, 0.3) is 11.7 Å². The number of nitrogens with two attached hydrogens (primary N) is 1. The van der Waals surface area contributed by atoms with Gasteiger partial charge in [-0.05, 0) is 33.6 Å².